The number of carbonyl (C=O) groups excluding carboxylic acids is 1. The molecule has 0 aliphatic carbocycles. The van der Waals surface area contributed by atoms with Gasteiger partial charge in [0.1, 0.15) is 11.6 Å². The van der Waals surface area contributed by atoms with Crippen LogP contribution in [0.5, 0.6) is 5.75 Å². The fourth-order valence-electron chi connectivity index (χ4n) is 3.87. The molecule has 0 saturated heterocycles. The molecule has 0 atom stereocenters. The van der Waals surface area contributed by atoms with Gasteiger partial charge in [-0.1, -0.05) is 24.3 Å². The summed E-state index contributed by atoms with van der Waals surface area (Å²) in [7, 11) is 1.64. The van der Waals surface area contributed by atoms with Crippen molar-refractivity contribution in [1.29, 1.82) is 0 Å². The number of ether oxygens (including phenoxy) is 1. The topological polar surface area (TPSA) is 80.5 Å². The molecule has 0 aliphatic rings. The summed E-state index contributed by atoms with van der Waals surface area (Å²) in [6.07, 6.45) is 2.09. The average Bonchev–Trinajstić information content (AvgIpc) is 3.29. The molecule has 0 unspecified atom stereocenters. The van der Waals surface area contributed by atoms with Crippen LogP contribution < -0.4 is 15.4 Å². The molecule has 0 bridgehead atoms. The Morgan fingerprint density at radius 2 is 1.72 bits per heavy atom. The second-order valence-corrected chi connectivity index (χ2v) is 8.39. The van der Waals surface area contributed by atoms with Crippen molar-refractivity contribution in [3.8, 4) is 16.9 Å². The molecule has 0 saturated carbocycles. The van der Waals surface area contributed by atoms with Crippen molar-refractivity contribution >= 4 is 28.9 Å². The van der Waals surface area contributed by atoms with Gasteiger partial charge >= 0.3 is 0 Å². The first-order chi connectivity index (χ1) is 17.5. The molecule has 2 N–H and O–H groups in total. The number of aryl methyl sites for hydroxylation is 1. The number of pyridine rings is 1. The number of anilines is 3. The zero-order chi connectivity index (χ0) is 25.1. The number of carbonyl (C=O) groups is 1. The maximum atomic E-state index is 13.0. The van der Waals surface area contributed by atoms with Crippen LogP contribution in [-0.2, 0) is 11.2 Å². The van der Waals surface area contributed by atoms with Gasteiger partial charge in [-0.3, -0.25) is 4.79 Å². The lowest BCUT2D eigenvalue weighted by atomic mass is 10.1. The minimum atomic E-state index is -0.321. The fourth-order valence-corrected chi connectivity index (χ4v) is 3.87. The van der Waals surface area contributed by atoms with Gasteiger partial charge in [0.2, 0.25) is 11.9 Å². The van der Waals surface area contributed by atoms with E-state index in [1.165, 1.54) is 12.1 Å². The van der Waals surface area contributed by atoms with Crippen molar-refractivity contribution in [2.45, 2.75) is 13.3 Å². The molecule has 2 aromatic heterocycles. The van der Waals surface area contributed by atoms with Gasteiger partial charge in [-0.05, 0) is 78.2 Å². The lowest BCUT2D eigenvalue weighted by Crippen LogP contribution is -2.14. The SMILES string of the molecule is COc1ccc(Nc2nc3ccc(-c4ccc(NC(=O)Cc5ccc(F)cc5)cc4)cn3n2)c(C)c1. The van der Waals surface area contributed by atoms with E-state index >= 15 is 0 Å². The molecular weight excluding hydrogens is 457 g/mol. The number of aromatic nitrogens is 3. The molecule has 5 aromatic rings. The van der Waals surface area contributed by atoms with Crippen molar-refractivity contribution < 1.29 is 13.9 Å². The quantitative estimate of drug-likeness (QED) is 0.308. The normalized spacial score (nSPS) is 10.9. The number of halogens is 1. The third kappa shape index (κ3) is 5.17. The molecule has 3 aromatic carbocycles. The zero-order valence-electron chi connectivity index (χ0n) is 19.8. The van der Waals surface area contributed by atoms with Crippen LogP contribution in [0.3, 0.4) is 0 Å². The first-order valence-electron chi connectivity index (χ1n) is 11.4. The van der Waals surface area contributed by atoms with Gasteiger partial charge in [-0.2, -0.15) is 4.98 Å². The molecule has 5 rings (SSSR count). The first-order valence-corrected chi connectivity index (χ1v) is 11.4. The van der Waals surface area contributed by atoms with Gasteiger partial charge in [0.05, 0.1) is 13.5 Å². The standard InChI is InChI=1S/C28H24FN5O2/c1-18-15-24(36-2)12-13-25(18)31-28-32-26-14-7-21(17-34(26)33-28)20-5-10-23(11-6-20)30-27(35)16-19-3-8-22(29)9-4-19/h3-15,17H,16H2,1-2H3,(H,30,35)(H,31,33). The van der Waals surface area contributed by atoms with Crippen LogP contribution in [0.15, 0.2) is 85.1 Å². The Hall–Kier alpha value is -4.72. The number of hydrogen-bond donors (Lipinski definition) is 2. The van der Waals surface area contributed by atoms with Gasteiger partial charge in [0, 0.05) is 23.1 Å². The minimum absolute atomic E-state index is 0.162. The molecule has 1 amide bonds. The molecule has 2 heterocycles. The van der Waals surface area contributed by atoms with Crippen molar-refractivity contribution in [1.82, 2.24) is 14.6 Å². The Morgan fingerprint density at radius 1 is 0.972 bits per heavy atom. The Labute approximate surface area is 207 Å². The highest BCUT2D eigenvalue weighted by Gasteiger charge is 2.09. The predicted molar refractivity (Wildman–Crippen MR) is 138 cm³/mol. The van der Waals surface area contributed by atoms with E-state index in [0.29, 0.717) is 11.6 Å². The van der Waals surface area contributed by atoms with E-state index in [1.54, 1.807) is 23.8 Å². The van der Waals surface area contributed by atoms with Crippen molar-refractivity contribution in [3.63, 3.8) is 0 Å². The number of nitrogens with zero attached hydrogens (tertiary/aromatic N) is 3. The summed E-state index contributed by atoms with van der Waals surface area (Å²) in [5.74, 6) is 0.813. The Kier molecular flexibility index (Phi) is 6.32. The fraction of sp³-hybridized carbons (Fsp3) is 0.107. The molecule has 0 spiro atoms. The average molecular weight is 482 g/mol. The number of benzene rings is 3. The van der Waals surface area contributed by atoms with Gasteiger partial charge < -0.3 is 15.4 Å². The maximum Gasteiger partial charge on any atom is 0.247 e. The first kappa shape index (κ1) is 23.0. The molecule has 7 nitrogen and oxygen atoms in total. The Balaban J connectivity index is 1.27. The zero-order valence-corrected chi connectivity index (χ0v) is 19.8. The van der Waals surface area contributed by atoms with E-state index in [9.17, 15) is 9.18 Å². The van der Waals surface area contributed by atoms with Gasteiger partial charge in [0.25, 0.3) is 0 Å². The lowest BCUT2D eigenvalue weighted by molar-refractivity contribution is -0.115. The third-order valence-corrected chi connectivity index (χ3v) is 5.79. The molecule has 0 fully saturated rings. The Bertz CT molecular complexity index is 1530. The van der Waals surface area contributed by atoms with Crippen LogP contribution in [0.2, 0.25) is 0 Å². The van der Waals surface area contributed by atoms with Gasteiger partial charge in [0.15, 0.2) is 5.65 Å². The molecule has 36 heavy (non-hydrogen) atoms. The van der Waals surface area contributed by atoms with Gasteiger partial charge in [-0.15, -0.1) is 5.10 Å². The summed E-state index contributed by atoms with van der Waals surface area (Å²) in [6, 6.07) is 23.2. The van der Waals surface area contributed by atoms with E-state index in [4.69, 9.17) is 4.74 Å². The van der Waals surface area contributed by atoms with Crippen molar-refractivity contribution in [3.05, 3.63) is 102 Å². The third-order valence-electron chi connectivity index (χ3n) is 5.79. The number of fused-ring (bicyclic) bond motifs is 1. The van der Waals surface area contributed by atoms with E-state index in [1.807, 2.05) is 67.7 Å². The molecule has 8 heteroatoms. The summed E-state index contributed by atoms with van der Waals surface area (Å²) in [5.41, 5.74) is 6.03. The highest BCUT2D eigenvalue weighted by Crippen LogP contribution is 2.25. The van der Waals surface area contributed by atoms with Gasteiger partial charge in [-0.25, -0.2) is 8.91 Å². The van der Waals surface area contributed by atoms with Crippen LogP contribution in [0, 0.1) is 12.7 Å². The molecule has 180 valence electrons. The number of methoxy groups -OCH3 is 1. The van der Waals surface area contributed by atoms with Crippen molar-refractivity contribution in [2.24, 2.45) is 0 Å². The summed E-state index contributed by atoms with van der Waals surface area (Å²) < 4.78 is 20.0. The smallest absolute Gasteiger partial charge is 0.247 e. The number of rotatable bonds is 7. The van der Waals surface area contributed by atoms with E-state index in [-0.39, 0.29) is 18.1 Å². The summed E-state index contributed by atoms with van der Waals surface area (Å²) in [4.78, 5) is 16.9. The number of nitrogens with one attached hydrogen (secondary N) is 2. The molecule has 0 aliphatic heterocycles. The van der Waals surface area contributed by atoms with E-state index in [2.05, 4.69) is 20.7 Å². The largest absolute Gasteiger partial charge is 0.497 e. The van der Waals surface area contributed by atoms with Crippen LogP contribution in [0.25, 0.3) is 16.8 Å². The van der Waals surface area contributed by atoms with E-state index in [0.717, 1.165) is 39.3 Å². The molecular formula is C28H24FN5O2. The Morgan fingerprint density at radius 3 is 2.44 bits per heavy atom. The second-order valence-electron chi connectivity index (χ2n) is 8.39. The highest BCUT2D eigenvalue weighted by atomic mass is 19.1. The number of amides is 1. The highest BCUT2D eigenvalue weighted by molar-refractivity contribution is 5.92. The summed E-state index contributed by atoms with van der Waals surface area (Å²) in [6.45, 7) is 1.99. The van der Waals surface area contributed by atoms with Crippen LogP contribution in [0.4, 0.5) is 21.7 Å². The monoisotopic (exact) mass is 481 g/mol. The number of hydrogen-bond acceptors (Lipinski definition) is 5. The summed E-state index contributed by atoms with van der Waals surface area (Å²) >= 11 is 0. The second kappa shape index (κ2) is 9.87. The molecule has 0 radical (unpaired) electrons. The minimum Gasteiger partial charge on any atom is -0.497 e. The predicted octanol–water partition coefficient (Wildman–Crippen LogP) is 5.78. The van der Waals surface area contributed by atoms with Crippen LogP contribution in [0.1, 0.15) is 11.1 Å². The lowest BCUT2D eigenvalue weighted by Gasteiger charge is -2.08. The van der Waals surface area contributed by atoms with E-state index < -0.39 is 0 Å². The maximum absolute atomic E-state index is 13.0. The van der Waals surface area contributed by atoms with Crippen LogP contribution in [-0.4, -0.2) is 27.6 Å². The van der Waals surface area contributed by atoms with Crippen LogP contribution >= 0.6 is 0 Å². The summed E-state index contributed by atoms with van der Waals surface area (Å²) in [5, 5.41) is 10.7. The van der Waals surface area contributed by atoms with Crippen molar-refractivity contribution in [2.75, 3.05) is 17.7 Å².